The summed E-state index contributed by atoms with van der Waals surface area (Å²) in [6.45, 7) is 2.20. The van der Waals surface area contributed by atoms with Crippen LogP contribution in [0.15, 0.2) is 53.1 Å². The fraction of sp³-hybridized carbons (Fsp3) is 0.312. The zero-order chi connectivity index (χ0) is 12.8. The van der Waals surface area contributed by atoms with Crippen LogP contribution in [0.4, 0.5) is 0 Å². The molecule has 0 aliphatic carbocycles. The molecule has 94 valence electrons. The number of rotatable bonds is 6. The lowest BCUT2D eigenvalue weighted by molar-refractivity contribution is 0.0952. The average molecular weight is 242 g/mol. The van der Waals surface area contributed by atoms with Gasteiger partial charge < -0.3 is 4.42 Å². The second kappa shape index (κ2) is 6.20. The maximum Gasteiger partial charge on any atom is 0.197 e. The summed E-state index contributed by atoms with van der Waals surface area (Å²) < 4.78 is 5.09. The second-order valence-electron chi connectivity index (χ2n) is 4.60. The molecule has 2 rings (SSSR count). The van der Waals surface area contributed by atoms with Gasteiger partial charge in [-0.15, -0.1) is 0 Å². The third kappa shape index (κ3) is 3.33. The van der Waals surface area contributed by atoms with Gasteiger partial charge in [-0.3, -0.25) is 4.79 Å². The number of carbonyl (C=O) groups excluding carboxylic acids is 1. The number of hydrogen-bond acceptors (Lipinski definition) is 2. The standard InChI is InChI=1S/C16H18O2/c1-13(14-8-3-2-4-9-14)7-5-10-15(17)16-11-6-12-18-16/h2-4,6,8-9,11-13H,5,7,10H2,1H3/t13-/m1/s1. The van der Waals surface area contributed by atoms with E-state index in [4.69, 9.17) is 4.42 Å². The number of furan rings is 1. The Morgan fingerprint density at radius 3 is 2.61 bits per heavy atom. The average Bonchev–Trinajstić information content (AvgIpc) is 2.93. The molecule has 0 radical (unpaired) electrons. The van der Waals surface area contributed by atoms with Crippen LogP contribution >= 0.6 is 0 Å². The summed E-state index contributed by atoms with van der Waals surface area (Å²) in [5.74, 6) is 1.07. The minimum absolute atomic E-state index is 0.0975. The molecule has 2 heteroatoms. The van der Waals surface area contributed by atoms with E-state index in [1.54, 1.807) is 18.4 Å². The van der Waals surface area contributed by atoms with E-state index in [-0.39, 0.29) is 5.78 Å². The Kier molecular flexibility index (Phi) is 4.35. The highest BCUT2D eigenvalue weighted by molar-refractivity contribution is 5.93. The van der Waals surface area contributed by atoms with Gasteiger partial charge in [-0.05, 0) is 36.5 Å². The van der Waals surface area contributed by atoms with Crippen molar-refractivity contribution in [2.75, 3.05) is 0 Å². The Morgan fingerprint density at radius 2 is 1.94 bits per heavy atom. The van der Waals surface area contributed by atoms with Gasteiger partial charge in [0, 0.05) is 6.42 Å². The SMILES string of the molecule is C[C@H](CCCC(=O)c1ccco1)c1ccccc1. The molecule has 1 atom stereocenters. The molecule has 0 bridgehead atoms. The Balaban J connectivity index is 1.77. The normalized spacial score (nSPS) is 12.3. The van der Waals surface area contributed by atoms with Gasteiger partial charge >= 0.3 is 0 Å². The molecule has 2 nitrogen and oxygen atoms in total. The van der Waals surface area contributed by atoms with Crippen molar-refractivity contribution in [2.24, 2.45) is 0 Å². The van der Waals surface area contributed by atoms with Crippen molar-refractivity contribution in [1.29, 1.82) is 0 Å². The zero-order valence-corrected chi connectivity index (χ0v) is 10.6. The summed E-state index contributed by atoms with van der Waals surface area (Å²) in [5, 5.41) is 0. The van der Waals surface area contributed by atoms with Crippen molar-refractivity contribution >= 4 is 5.78 Å². The summed E-state index contributed by atoms with van der Waals surface area (Å²) in [7, 11) is 0. The highest BCUT2D eigenvalue weighted by atomic mass is 16.3. The van der Waals surface area contributed by atoms with Crippen LogP contribution in [0, 0.1) is 0 Å². The molecular formula is C16H18O2. The van der Waals surface area contributed by atoms with E-state index in [2.05, 4.69) is 31.2 Å². The van der Waals surface area contributed by atoms with E-state index in [1.807, 2.05) is 6.07 Å². The molecule has 0 aliphatic rings. The van der Waals surface area contributed by atoms with Gasteiger partial charge in [0.2, 0.25) is 0 Å². The van der Waals surface area contributed by atoms with E-state index in [0.717, 1.165) is 12.8 Å². The predicted octanol–water partition coefficient (Wildman–Crippen LogP) is 4.44. The largest absolute Gasteiger partial charge is 0.461 e. The van der Waals surface area contributed by atoms with Crippen molar-refractivity contribution in [3.8, 4) is 0 Å². The Labute approximate surface area is 108 Å². The topological polar surface area (TPSA) is 30.2 Å². The van der Waals surface area contributed by atoms with Gasteiger partial charge in [0.05, 0.1) is 6.26 Å². The van der Waals surface area contributed by atoms with Crippen LogP contribution in [-0.4, -0.2) is 5.78 Å². The molecule has 2 aromatic rings. The minimum Gasteiger partial charge on any atom is -0.461 e. The molecule has 18 heavy (non-hydrogen) atoms. The van der Waals surface area contributed by atoms with Crippen LogP contribution in [0.2, 0.25) is 0 Å². The quantitative estimate of drug-likeness (QED) is 0.701. The lowest BCUT2D eigenvalue weighted by Gasteiger charge is -2.10. The molecule has 0 fully saturated rings. The molecule has 0 spiro atoms. The molecule has 0 N–H and O–H groups in total. The summed E-state index contributed by atoms with van der Waals surface area (Å²) in [5.41, 5.74) is 1.34. The molecule has 0 saturated carbocycles. The number of benzene rings is 1. The molecule has 1 aromatic heterocycles. The number of carbonyl (C=O) groups is 1. The third-order valence-electron chi connectivity index (χ3n) is 3.21. The van der Waals surface area contributed by atoms with E-state index in [0.29, 0.717) is 18.1 Å². The first-order chi connectivity index (χ1) is 8.77. The van der Waals surface area contributed by atoms with Gasteiger partial charge in [-0.1, -0.05) is 37.3 Å². The lowest BCUT2D eigenvalue weighted by atomic mass is 9.95. The first kappa shape index (κ1) is 12.6. The van der Waals surface area contributed by atoms with E-state index >= 15 is 0 Å². The van der Waals surface area contributed by atoms with Gasteiger partial charge in [0.15, 0.2) is 11.5 Å². The first-order valence-corrected chi connectivity index (χ1v) is 6.39. The number of Topliss-reactive ketones (excluding diaryl/α,β-unsaturated/α-hetero) is 1. The Hall–Kier alpha value is -1.83. The molecule has 0 amide bonds. The molecule has 1 aromatic carbocycles. The first-order valence-electron chi connectivity index (χ1n) is 6.39. The summed E-state index contributed by atoms with van der Waals surface area (Å²) >= 11 is 0. The predicted molar refractivity (Wildman–Crippen MR) is 71.7 cm³/mol. The molecule has 0 unspecified atom stereocenters. The summed E-state index contributed by atoms with van der Waals surface area (Å²) in [4.78, 5) is 11.7. The maximum absolute atomic E-state index is 11.7. The van der Waals surface area contributed by atoms with Crippen LogP contribution in [0.5, 0.6) is 0 Å². The zero-order valence-electron chi connectivity index (χ0n) is 10.6. The van der Waals surface area contributed by atoms with Crippen molar-refractivity contribution in [3.05, 3.63) is 60.1 Å². The van der Waals surface area contributed by atoms with Crippen LogP contribution in [-0.2, 0) is 0 Å². The summed E-state index contributed by atoms with van der Waals surface area (Å²) in [6.07, 6.45) is 4.02. The third-order valence-corrected chi connectivity index (χ3v) is 3.21. The fourth-order valence-electron chi connectivity index (χ4n) is 2.08. The Bertz CT molecular complexity index is 471. The summed E-state index contributed by atoms with van der Waals surface area (Å²) in [6, 6.07) is 13.9. The molecule has 0 saturated heterocycles. The Morgan fingerprint density at radius 1 is 1.17 bits per heavy atom. The van der Waals surface area contributed by atoms with Gasteiger partial charge in [0.25, 0.3) is 0 Å². The minimum atomic E-state index is 0.0975. The van der Waals surface area contributed by atoms with Crippen molar-refractivity contribution in [1.82, 2.24) is 0 Å². The highest BCUT2D eigenvalue weighted by Crippen LogP contribution is 2.21. The second-order valence-corrected chi connectivity index (χ2v) is 4.60. The van der Waals surface area contributed by atoms with Crippen LogP contribution < -0.4 is 0 Å². The number of ketones is 1. The smallest absolute Gasteiger partial charge is 0.197 e. The van der Waals surface area contributed by atoms with Crippen molar-refractivity contribution in [3.63, 3.8) is 0 Å². The maximum atomic E-state index is 11.7. The molecular weight excluding hydrogens is 224 g/mol. The van der Waals surface area contributed by atoms with Crippen molar-refractivity contribution < 1.29 is 9.21 Å². The van der Waals surface area contributed by atoms with Crippen molar-refractivity contribution in [2.45, 2.75) is 32.1 Å². The molecule has 1 heterocycles. The number of hydrogen-bond donors (Lipinski definition) is 0. The highest BCUT2D eigenvalue weighted by Gasteiger charge is 2.10. The fourth-order valence-corrected chi connectivity index (χ4v) is 2.08. The van der Waals surface area contributed by atoms with Gasteiger partial charge in [-0.2, -0.15) is 0 Å². The van der Waals surface area contributed by atoms with E-state index in [9.17, 15) is 4.79 Å². The van der Waals surface area contributed by atoms with Crippen LogP contribution in [0.1, 0.15) is 48.2 Å². The van der Waals surface area contributed by atoms with Crippen LogP contribution in [0.3, 0.4) is 0 Å². The van der Waals surface area contributed by atoms with Crippen LogP contribution in [0.25, 0.3) is 0 Å². The van der Waals surface area contributed by atoms with E-state index in [1.165, 1.54) is 5.56 Å². The monoisotopic (exact) mass is 242 g/mol. The van der Waals surface area contributed by atoms with Gasteiger partial charge in [0.1, 0.15) is 0 Å². The van der Waals surface area contributed by atoms with Gasteiger partial charge in [-0.25, -0.2) is 0 Å². The van der Waals surface area contributed by atoms with E-state index < -0.39 is 0 Å². The molecule has 0 aliphatic heterocycles. The lowest BCUT2D eigenvalue weighted by Crippen LogP contribution is -1.99.